The lowest BCUT2D eigenvalue weighted by atomic mass is 9.96. The predicted molar refractivity (Wildman–Crippen MR) is 71.5 cm³/mol. The maximum absolute atomic E-state index is 11.4. The van der Waals surface area contributed by atoms with Gasteiger partial charge in [0, 0.05) is 35.2 Å². The fraction of sp³-hybridized carbons (Fsp3) is 0.846. The van der Waals surface area contributed by atoms with E-state index < -0.39 is 36.6 Å². The van der Waals surface area contributed by atoms with E-state index in [1.54, 1.807) is 0 Å². The van der Waals surface area contributed by atoms with E-state index in [0.717, 1.165) is 0 Å². The van der Waals surface area contributed by atoms with Crippen LogP contribution in [-0.4, -0.2) is 70.5 Å². The highest BCUT2D eigenvalue weighted by Gasteiger charge is 2.48. The van der Waals surface area contributed by atoms with Crippen LogP contribution >= 0.6 is 0 Å². The van der Waals surface area contributed by atoms with Crippen molar-refractivity contribution in [3.63, 3.8) is 0 Å². The third kappa shape index (κ3) is 4.63. The summed E-state index contributed by atoms with van der Waals surface area (Å²) in [7, 11) is 4.44. The molecule has 0 radical (unpaired) electrons. The molecular weight excluding hydrogens is 282 g/mol. The Morgan fingerprint density at radius 1 is 1.10 bits per heavy atom. The molecule has 0 aromatic rings. The minimum absolute atomic E-state index is 0.199. The molecule has 0 bridgehead atoms. The van der Waals surface area contributed by atoms with Crippen LogP contribution in [0.1, 0.15) is 13.8 Å². The molecule has 1 aliphatic rings. The molecule has 0 aliphatic carbocycles. The van der Waals surface area contributed by atoms with E-state index in [1.807, 2.05) is 0 Å². The van der Waals surface area contributed by atoms with Gasteiger partial charge in [0.25, 0.3) is 0 Å². The maximum atomic E-state index is 11.4. The van der Waals surface area contributed by atoms with Crippen LogP contribution in [0.4, 0.5) is 0 Å². The molecule has 1 amide bonds. The second kappa shape index (κ2) is 8.28. The summed E-state index contributed by atoms with van der Waals surface area (Å²) in [5.41, 5.74) is 0. The van der Waals surface area contributed by atoms with Gasteiger partial charge in [0.1, 0.15) is 18.2 Å². The summed E-state index contributed by atoms with van der Waals surface area (Å²) < 4.78 is 26.8. The molecule has 8 heteroatoms. The van der Waals surface area contributed by atoms with Crippen molar-refractivity contribution < 1.29 is 33.3 Å². The molecule has 122 valence electrons. The van der Waals surface area contributed by atoms with Gasteiger partial charge in [-0.25, -0.2) is 0 Å². The molecule has 0 unspecified atom stereocenters. The first-order valence-corrected chi connectivity index (χ1v) is 6.58. The van der Waals surface area contributed by atoms with E-state index in [9.17, 15) is 9.59 Å². The highest BCUT2D eigenvalue weighted by molar-refractivity contribution is 5.73. The van der Waals surface area contributed by atoms with Crippen LogP contribution in [0.3, 0.4) is 0 Å². The quantitative estimate of drug-likeness (QED) is 0.659. The molecule has 1 heterocycles. The zero-order chi connectivity index (χ0) is 16.0. The second-order valence-corrected chi connectivity index (χ2v) is 4.73. The number of hydrogen-bond acceptors (Lipinski definition) is 7. The SMILES string of the molecule is COC[C@H]1O[C@H](OC)[C@H](NC(C)=O)[C@@H](OC)[C@H]1OC(C)=O. The molecule has 1 rings (SSSR count). The normalized spacial score (nSPS) is 32.5. The van der Waals surface area contributed by atoms with Crippen molar-refractivity contribution >= 4 is 11.9 Å². The Bertz CT molecular complexity index is 362. The number of carbonyl (C=O) groups is 2. The number of ether oxygens (including phenoxy) is 5. The van der Waals surface area contributed by atoms with Gasteiger partial charge < -0.3 is 29.0 Å². The highest BCUT2D eigenvalue weighted by Crippen LogP contribution is 2.26. The zero-order valence-electron chi connectivity index (χ0n) is 13.0. The number of esters is 1. The summed E-state index contributed by atoms with van der Waals surface area (Å²) in [4.78, 5) is 22.7. The third-order valence-electron chi connectivity index (χ3n) is 3.15. The molecule has 1 N–H and O–H groups in total. The summed E-state index contributed by atoms with van der Waals surface area (Å²) in [6.45, 7) is 2.87. The van der Waals surface area contributed by atoms with Gasteiger partial charge in [-0.15, -0.1) is 0 Å². The van der Waals surface area contributed by atoms with Gasteiger partial charge in [0.15, 0.2) is 12.4 Å². The van der Waals surface area contributed by atoms with Crippen molar-refractivity contribution in [3.05, 3.63) is 0 Å². The monoisotopic (exact) mass is 305 g/mol. The van der Waals surface area contributed by atoms with E-state index in [-0.39, 0.29) is 12.5 Å². The summed E-state index contributed by atoms with van der Waals surface area (Å²) in [6.07, 6.45) is -2.61. The topological polar surface area (TPSA) is 92.3 Å². The summed E-state index contributed by atoms with van der Waals surface area (Å²) in [5, 5.41) is 2.70. The van der Waals surface area contributed by atoms with Crippen molar-refractivity contribution in [2.24, 2.45) is 0 Å². The summed E-state index contributed by atoms with van der Waals surface area (Å²) in [5.74, 6) is -0.733. The van der Waals surface area contributed by atoms with E-state index in [0.29, 0.717) is 0 Å². The lowest BCUT2D eigenvalue weighted by molar-refractivity contribution is -0.271. The van der Waals surface area contributed by atoms with Crippen molar-refractivity contribution in [1.82, 2.24) is 5.32 Å². The zero-order valence-corrected chi connectivity index (χ0v) is 13.0. The van der Waals surface area contributed by atoms with Crippen LogP contribution in [0.15, 0.2) is 0 Å². The Morgan fingerprint density at radius 2 is 1.76 bits per heavy atom. The second-order valence-electron chi connectivity index (χ2n) is 4.73. The number of methoxy groups -OCH3 is 3. The van der Waals surface area contributed by atoms with Gasteiger partial charge in [0.05, 0.1) is 6.61 Å². The minimum atomic E-state index is -0.731. The number of nitrogens with one attached hydrogen (secondary N) is 1. The fourth-order valence-corrected chi connectivity index (χ4v) is 2.41. The van der Waals surface area contributed by atoms with Crippen LogP contribution in [0.2, 0.25) is 0 Å². The van der Waals surface area contributed by atoms with Gasteiger partial charge in [0.2, 0.25) is 5.91 Å². The molecule has 0 aromatic heterocycles. The van der Waals surface area contributed by atoms with E-state index in [2.05, 4.69) is 5.32 Å². The third-order valence-corrected chi connectivity index (χ3v) is 3.15. The molecule has 0 saturated carbocycles. The number of carbonyl (C=O) groups excluding carboxylic acids is 2. The maximum Gasteiger partial charge on any atom is 0.303 e. The molecule has 1 saturated heterocycles. The Morgan fingerprint density at radius 3 is 2.19 bits per heavy atom. The molecule has 8 nitrogen and oxygen atoms in total. The van der Waals surface area contributed by atoms with E-state index in [1.165, 1.54) is 35.2 Å². The van der Waals surface area contributed by atoms with Crippen molar-refractivity contribution in [1.29, 1.82) is 0 Å². The fourth-order valence-electron chi connectivity index (χ4n) is 2.41. The number of amides is 1. The largest absolute Gasteiger partial charge is 0.457 e. The molecule has 0 spiro atoms. The van der Waals surface area contributed by atoms with Crippen LogP contribution in [0.5, 0.6) is 0 Å². The summed E-state index contributed by atoms with van der Waals surface area (Å²) in [6, 6.07) is -0.602. The van der Waals surface area contributed by atoms with Crippen molar-refractivity contribution in [2.75, 3.05) is 27.9 Å². The molecule has 0 aromatic carbocycles. The van der Waals surface area contributed by atoms with Gasteiger partial charge in [-0.1, -0.05) is 0 Å². The molecule has 1 fully saturated rings. The average molecular weight is 305 g/mol. The van der Waals surface area contributed by atoms with Crippen molar-refractivity contribution in [2.45, 2.75) is 44.5 Å². The van der Waals surface area contributed by atoms with Crippen molar-refractivity contribution in [3.8, 4) is 0 Å². The first-order chi connectivity index (χ1) is 9.94. The Kier molecular flexibility index (Phi) is 7.03. The minimum Gasteiger partial charge on any atom is -0.457 e. The van der Waals surface area contributed by atoms with Crippen LogP contribution < -0.4 is 5.32 Å². The summed E-state index contributed by atoms with van der Waals surface area (Å²) >= 11 is 0. The van der Waals surface area contributed by atoms with Crippen LogP contribution in [0, 0.1) is 0 Å². The standard InChI is InChI=1S/C13H23NO7/c1-7(15)14-10-12(18-4)11(20-8(2)16)9(6-17-3)21-13(10)19-5/h9-13H,6H2,1-5H3,(H,14,15)/t9-,10-,11+,12-,13+/m1/s1. The van der Waals surface area contributed by atoms with E-state index >= 15 is 0 Å². The van der Waals surface area contributed by atoms with E-state index in [4.69, 9.17) is 23.7 Å². The van der Waals surface area contributed by atoms with Gasteiger partial charge in [-0.3, -0.25) is 9.59 Å². The number of rotatable bonds is 6. The average Bonchev–Trinajstić information content (AvgIpc) is 2.40. The first-order valence-electron chi connectivity index (χ1n) is 6.58. The Balaban J connectivity index is 3.03. The Labute approximate surface area is 124 Å². The lowest BCUT2D eigenvalue weighted by Crippen LogP contribution is -2.65. The Hall–Kier alpha value is -1.22. The lowest BCUT2D eigenvalue weighted by Gasteiger charge is -2.44. The van der Waals surface area contributed by atoms with Crippen LogP contribution in [-0.2, 0) is 33.3 Å². The van der Waals surface area contributed by atoms with Crippen LogP contribution in [0.25, 0.3) is 0 Å². The van der Waals surface area contributed by atoms with Gasteiger partial charge in [-0.05, 0) is 0 Å². The van der Waals surface area contributed by atoms with Gasteiger partial charge >= 0.3 is 5.97 Å². The van der Waals surface area contributed by atoms with Gasteiger partial charge in [-0.2, -0.15) is 0 Å². The molecular formula is C13H23NO7. The smallest absolute Gasteiger partial charge is 0.303 e. The first kappa shape index (κ1) is 17.8. The predicted octanol–water partition coefficient (Wildman–Crippen LogP) is -0.544. The molecule has 21 heavy (non-hydrogen) atoms. The molecule has 5 atom stereocenters. The highest BCUT2D eigenvalue weighted by atomic mass is 16.7. The number of hydrogen-bond donors (Lipinski definition) is 1. The molecule has 1 aliphatic heterocycles.